The lowest BCUT2D eigenvalue weighted by Crippen LogP contribution is -2.43. The molecule has 0 unspecified atom stereocenters. The quantitative estimate of drug-likeness (QED) is 0.875. The number of halogens is 4. The van der Waals surface area contributed by atoms with Gasteiger partial charge in [0.25, 0.3) is 0 Å². The van der Waals surface area contributed by atoms with E-state index in [0.717, 1.165) is 32.2 Å². The number of hydrogen-bond donors (Lipinski definition) is 1. The molecule has 0 amide bonds. The Labute approximate surface area is 126 Å². The lowest BCUT2D eigenvalue weighted by molar-refractivity contribution is 0.583. The predicted molar refractivity (Wildman–Crippen MR) is 79.0 cm³/mol. The highest BCUT2D eigenvalue weighted by Crippen LogP contribution is 2.35. The van der Waals surface area contributed by atoms with Crippen LogP contribution in [0.15, 0.2) is 18.3 Å². The molecule has 0 spiro atoms. The molecule has 3 rings (SSSR count). The Morgan fingerprint density at radius 2 is 1.90 bits per heavy atom. The first-order chi connectivity index (χ1) is 9.16. The second-order valence-corrected chi connectivity index (χ2v) is 4.88. The Balaban J connectivity index is 0.00000147. The number of rotatable bonds is 1. The Hall–Kier alpha value is -1.17. The van der Waals surface area contributed by atoms with Crippen molar-refractivity contribution in [2.45, 2.75) is 0 Å². The van der Waals surface area contributed by atoms with Crippen LogP contribution in [-0.4, -0.2) is 31.2 Å². The first kappa shape index (κ1) is 15.2. The summed E-state index contributed by atoms with van der Waals surface area (Å²) in [5.74, 6) is -1.26. The maximum absolute atomic E-state index is 14.1. The average molecular weight is 320 g/mol. The molecule has 1 aliphatic rings. The van der Waals surface area contributed by atoms with Gasteiger partial charge < -0.3 is 10.2 Å². The van der Waals surface area contributed by atoms with Gasteiger partial charge in [-0.05, 0) is 0 Å². The minimum absolute atomic E-state index is 0. The number of nitrogens with zero attached hydrogens (tertiary/aromatic N) is 2. The SMILES string of the molecule is Cl.Fc1cc(F)c2c(N3CCNCC3)c(Cl)cnc2c1. The standard InChI is InChI=1S/C13H12ClF2N3.ClH/c14-9-7-18-11-6-8(15)5-10(16)12(11)13(9)19-3-1-17-2-4-19;/h5-7,17H,1-4H2;1H. The number of nitrogens with one attached hydrogen (secondary N) is 1. The van der Waals surface area contributed by atoms with E-state index in [9.17, 15) is 8.78 Å². The molecule has 7 heteroatoms. The Bertz CT molecular complexity index is 631. The molecule has 0 bridgehead atoms. The molecule has 1 fully saturated rings. The van der Waals surface area contributed by atoms with Crippen molar-refractivity contribution in [2.75, 3.05) is 31.1 Å². The van der Waals surface area contributed by atoms with E-state index in [1.165, 1.54) is 12.3 Å². The van der Waals surface area contributed by atoms with E-state index in [4.69, 9.17) is 11.6 Å². The van der Waals surface area contributed by atoms with E-state index in [1.54, 1.807) is 0 Å². The molecule has 1 aliphatic heterocycles. The number of hydrogen-bond acceptors (Lipinski definition) is 3. The Morgan fingerprint density at radius 3 is 2.60 bits per heavy atom. The molecule has 0 atom stereocenters. The van der Waals surface area contributed by atoms with Gasteiger partial charge in [0.1, 0.15) is 11.6 Å². The van der Waals surface area contributed by atoms with Crippen LogP contribution >= 0.6 is 24.0 Å². The molecule has 0 saturated carbocycles. The fourth-order valence-corrected chi connectivity index (χ4v) is 2.66. The zero-order chi connectivity index (χ0) is 13.4. The van der Waals surface area contributed by atoms with Crippen LogP contribution in [-0.2, 0) is 0 Å². The number of piperazine rings is 1. The fraction of sp³-hybridized carbons (Fsp3) is 0.308. The van der Waals surface area contributed by atoms with Crippen molar-refractivity contribution in [2.24, 2.45) is 0 Å². The number of aromatic nitrogens is 1. The van der Waals surface area contributed by atoms with Crippen molar-refractivity contribution in [3.63, 3.8) is 0 Å². The summed E-state index contributed by atoms with van der Waals surface area (Å²) in [6, 6.07) is 2.09. The molecule has 0 radical (unpaired) electrons. The maximum atomic E-state index is 14.1. The minimum atomic E-state index is -0.633. The predicted octanol–water partition coefficient (Wildman–Crippen LogP) is 3.00. The monoisotopic (exact) mass is 319 g/mol. The summed E-state index contributed by atoms with van der Waals surface area (Å²) < 4.78 is 27.3. The lowest BCUT2D eigenvalue weighted by atomic mass is 10.1. The van der Waals surface area contributed by atoms with E-state index in [1.807, 2.05) is 4.90 Å². The second-order valence-electron chi connectivity index (χ2n) is 4.47. The van der Waals surface area contributed by atoms with E-state index in [2.05, 4.69) is 10.3 Å². The Morgan fingerprint density at radius 1 is 1.20 bits per heavy atom. The summed E-state index contributed by atoms with van der Waals surface area (Å²) in [6.45, 7) is 3.08. The first-order valence-electron chi connectivity index (χ1n) is 6.06. The summed E-state index contributed by atoms with van der Waals surface area (Å²) in [5, 5.41) is 3.90. The third-order valence-corrected chi connectivity index (χ3v) is 3.52. The van der Waals surface area contributed by atoms with Gasteiger partial charge in [-0.1, -0.05) is 11.6 Å². The maximum Gasteiger partial charge on any atom is 0.137 e. The van der Waals surface area contributed by atoms with Gasteiger partial charge in [0.15, 0.2) is 0 Å². The van der Waals surface area contributed by atoms with E-state index in [-0.39, 0.29) is 23.3 Å². The van der Waals surface area contributed by atoms with Crippen molar-refractivity contribution in [3.05, 3.63) is 35.0 Å². The van der Waals surface area contributed by atoms with Gasteiger partial charge in [-0.25, -0.2) is 8.78 Å². The smallest absolute Gasteiger partial charge is 0.137 e. The van der Waals surface area contributed by atoms with Gasteiger partial charge in [0, 0.05) is 44.5 Å². The molecule has 3 nitrogen and oxygen atoms in total. The number of fused-ring (bicyclic) bond motifs is 1. The fourth-order valence-electron chi connectivity index (χ4n) is 2.40. The molecule has 1 aromatic carbocycles. The first-order valence-corrected chi connectivity index (χ1v) is 6.43. The van der Waals surface area contributed by atoms with Crippen molar-refractivity contribution < 1.29 is 8.78 Å². The Kier molecular flexibility index (Phi) is 4.62. The van der Waals surface area contributed by atoms with Crippen LogP contribution in [0.5, 0.6) is 0 Å². The van der Waals surface area contributed by atoms with Crippen molar-refractivity contribution in [3.8, 4) is 0 Å². The number of anilines is 1. The zero-order valence-corrected chi connectivity index (χ0v) is 12.1. The van der Waals surface area contributed by atoms with Gasteiger partial charge in [-0.3, -0.25) is 4.98 Å². The normalized spacial score (nSPS) is 15.2. The summed E-state index contributed by atoms with van der Waals surface area (Å²) >= 11 is 6.16. The molecule has 108 valence electrons. The lowest BCUT2D eigenvalue weighted by Gasteiger charge is -2.31. The molecular formula is C13H13Cl2F2N3. The molecule has 20 heavy (non-hydrogen) atoms. The summed E-state index contributed by atoms with van der Waals surface area (Å²) in [5.41, 5.74) is 0.890. The van der Waals surface area contributed by atoms with Crippen LogP contribution in [0.2, 0.25) is 5.02 Å². The molecule has 1 N–H and O–H groups in total. The van der Waals surface area contributed by atoms with Gasteiger partial charge in [0.2, 0.25) is 0 Å². The molecule has 2 heterocycles. The molecular weight excluding hydrogens is 307 g/mol. The van der Waals surface area contributed by atoms with Crippen LogP contribution < -0.4 is 10.2 Å². The van der Waals surface area contributed by atoms with Crippen LogP contribution in [0.1, 0.15) is 0 Å². The minimum Gasteiger partial charge on any atom is -0.367 e. The van der Waals surface area contributed by atoms with E-state index in [0.29, 0.717) is 10.7 Å². The number of benzene rings is 1. The van der Waals surface area contributed by atoms with Gasteiger partial charge in [-0.2, -0.15) is 0 Å². The van der Waals surface area contributed by atoms with E-state index >= 15 is 0 Å². The number of pyridine rings is 1. The topological polar surface area (TPSA) is 28.2 Å². The average Bonchev–Trinajstić information content (AvgIpc) is 2.40. The van der Waals surface area contributed by atoms with Crippen molar-refractivity contribution in [1.29, 1.82) is 0 Å². The molecule has 1 saturated heterocycles. The largest absolute Gasteiger partial charge is 0.367 e. The third-order valence-electron chi connectivity index (χ3n) is 3.25. The highest BCUT2D eigenvalue weighted by atomic mass is 35.5. The van der Waals surface area contributed by atoms with Gasteiger partial charge in [0.05, 0.1) is 21.6 Å². The van der Waals surface area contributed by atoms with Crippen LogP contribution in [0, 0.1) is 11.6 Å². The van der Waals surface area contributed by atoms with Crippen molar-refractivity contribution >= 4 is 40.6 Å². The van der Waals surface area contributed by atoms with E-state index < -0.39 is 11.6 Å². The zero-order valence-electron chi connectivity index (χ0n) is 10.5. The molecule has 1 aromatic heterocycles. The third kappa shape index (κ3) is 2.66. The van der Waals surface area contributed by atoms with Gasteiger partial charge in [-0.15, -0.1) is 12.4 Å². The highest BCUT2D eigenvalue weighted by molar-refractivity contribution is 6.34. The highest BCUT2D eigenvalue weighted by Gasteiger charge is 2.20. The molecule has 0 aliphatic carbocycles. The van der Waals surface area contributed by atoms with Crippen molar-refractivity contribution in [1.82, 2.24) is 10.3 Å². The summed E-state index contributed by atoms with van der Waals surface area (Å²) in [6.07, 6.45) is 1.44. The summed E-state index contributed by atoms with van der Waals surface area (Å²) in [7, 11) is 0. The summed E-state index contributed by atoms with van der Waals surface area (Å²) in [4.78, 5) is 6.01. The van der Waals surface area contributed by atoms with Crippen LogP contribution in [0.3, 0.4) is 0 Å². The van der Waals surface area contributed by atoms with Crippen LogP contribution in [0.25, 0.3) is 10.9 Å². The van der Waals surface area contributed by atoms with Gasteiger partial charge >= 0.3 is 0 Å². The molecule has 2 aromatic rings. The second kappa shape index (κ2) is 6.08. The van der Waals surface area contributed by atoms with Crippen LogP contribution in [0.4, 0.5) is 14.5 Å².